The van der Waals surface area contributed by atoms with Crippen LogP contribution in [0.3, 0.4) is 0 Å². The van der Waals surface area contributed by atoms with Crippen molar-refractivity contribution in [2.45, 2.75) is 4.90 Å². The molecule has 0 atom stereocenters. The van der Waals surface area contributed by atoms with Crippen molar-refractivity contribution in [2.24, 2.45) is 10.3 Å². The Morgan fingerprint density at radius 3 is 1.90 bits per heavy atom. The van der Waals surface area contributed by atoms with Crippen LogP contribution in [0.25, 0.3) is 0 Å². The molecule has 0 bridgehead atoms. The van der Waals surface area contributed by atoms with Gasteiger partial charge in [0, 0.05) is 15.2 Å². The average Bonchev–Trinajstić information content (AvgIpc) is 1.88. The van der Waals surface area contributed by atoms with Gasteiger partial charge in [-0.2, -0.15) is 0 Å². The third kappa shape index (κ3) is 1.63. The fourth-order valence-corrected chi connectivity index (χ4v) is 1.30. The van der Waals surface area contributed by atoms with Gasteiger partial charge in [-0.15, -0.1) is 0 Å². The normalized spacial score (nSPS) is 13.0. The molecule has 1 aromatic rings. The fraction of sp³-hybridized carbons (Fsp3) is 0. The van der Waals surface area contributed by atoms with Crippen LogP contribution in [0.15, 0.2) is 35.2 Å². The first-order chi connectivity index (χ1) is 4.61. The molecule has 0 saturated heterocycles. The highest BCUT2D eigenvalue weighted by molar-refractivity contribution is 7.98. The quantitative estimate of drug-likeness (QED) is 0.487. The van der Waals surface area contributed by atoms with Gasteiger partial charge in [-0.1, -0.05) is 18.2 Å². The van der Waals surface area contributed by atoms with Crippen molar-refractivity contribution in [1.29, 1.82) is 0 Å². The predicted molar refractivity (Wildman–Crippen MR) is 42.6 cm³/mol. The van der Waals surface area contributed by atoms with Crippen LogP contribution in [-0.4, -0.2) is 4.21 Å². The smallest absolute Gasteiger partial charge is 0.0396 e. The number of thiol groups is 1. The number of benzene rings is 1. The van der Waals surface area contributed by atoms with Crippen molar-refractivity contribution in [3.05, 3.63) is 30.3 Å². The molecule has 1 rings (SSSR count). The summed E-state index contributed by atoms with van der Waals surface area (Å²) in [5.74, 6) is 0. The Hall–Kier alpha value is -0.710. The molecule has 10 heavy (non-hydrogen) atoms. The minimum atomic E-state index is -3.02. The van der Waals surface area contributed by atoms with Gasteiger partial charge in [0.1, 0.15) is 0 Å². The zero-order chi connectivity index (χ0) is 7.61. The van der Waals surface area contributed by atoms with Crippen LogP contribution >= 0.6 is 0 Å². The largest absolute Gasteiger partial charge is 0.260 e. The van der Waals surface area contributed by atoms with Crippen LogP contribution in [0, 0.1) is 0 Å². The van der Waals surface area contributed by atoms with Crippen molar-refractivity contribution in [2.75, 3.05) is 0 Å². The van der Waals surface area contributed by atoms with E-state index in [4.69, 9.17) is 10.3 Å². The molecule has 0 saturated carbocycles. The van der Waals surface area contributed by atoms with Gasteiger partial charge in [-0.3, -0.25) is 14.5 Å². The Morgan fingerprint density at radius 2 is 1.60 bits per heavy atom. The molecular weight excluding hydrogens is 148 g/mol. The Morgan fingerprint density at radius 1 is 1.10 bits per heavy atom. The summed E-state index contributed by atoms with van der Waals surface area (Å²) < 4.78 is 11.0. The lowest BCUT2D eigenvalue weighted by Crippen LogP contribution is -2.32. The van der Waals surface area contributed by atoms with Crippen molar-refractivity contribution in [3.8, 4) is 0 Å². The molecule has 3 nitrogen and oxygen atoms in total. The van der Waals surface area contributed by atoms with E-state index in [2.05, 4.69) is 0 Å². The first kappa shape index (κ1) is 7.40. The number of nitrogens with two attached hydrogens (primary N) is 2. The van der Waals surface area contributed by atoms with Crippen molar-refractivity contribution in [3.63, 3.8) is 0 Å². The second-order valence-electron chi connectivity index (χ2n) is 2.04. The Bertz CT molecular complexity index is 254. The molecule has 4 heteroatoms. The van der Waals surface area contributed by atoms with Crippen LogP contribution in [0.5, 0.6) is 0 Å². The summed E-state index contributed by atoms with van der Waals surface area (Å²) in [6.07, 6.45) is 0. The maximum atomic E-state index is 11.0. The molecule has 0 aliphatic rings. The topological polar surface area (TPSA) is 69.1 Å². The molecule has 56 valence electrons. The highest BCUT2D eigenvalue weighted by Gasteiger charge is 2.01. The van der Waals surface area contributed by atoms with E-state index in [1.54, 1.807) is 24.3 Å². The van der Waals surface area contributed by atoms with Gasteiger partial charge in [0.05, 0.1) is 0 Å². The van der Waals surface area contributed by atoms with Gasteiger partial charge >= 0.3 is 0 Å². The van der Waals surface area contributed by atoms with Crippen molar-refractivity contribution >= 4 is 10.3 Å². The first-order valence-corrected chi connectivity index (χ1v) is 4.68. The summed E-state index contributed by atoms with van der Waals surface area (Å²) in [6.45, 7) is 0. The predicted octanol–water partition coefficient (Wildman–Crippen LogP) is -0.190. The van der Waals surface area contributed by atoms with Crippen LogP contribution in [0.1, 0.15) is 0 Å². The third-order valence-corrected chi connectivity index (χ3v) is 2.26. The summed E-state index contributed by atoms with van der Waals surface area (Å²) >= 11 is 0. The summed E-state index contributed by atoms with van der Waals surface area (Å²) in [4.78, 5) is 0.509. The first-order valence-electron chi connectivity index (χ1n) is 2.83. The Labute approximate surface area is 60.7 Å². The number of hydrogen-bond donors (Lipinski definition) is 3. The van der Waals surface area contributed by atoms with Gasteiger partial charge < -0.3 is 0 Å². The SMILES string of the molecule is N[SH](N)(=O)c1ccccc1. The van der Waals surface area contributed by atoms with Gasteiger partial charge in [0.2, 0.25) is 0 Å². The molecule has 0 amide bonds. The second-order valence-corrected chi connectivity index (χ2v) is 3.98. The summed E-state index contributed by atoms with van der Waals surface area (Å²) in [7, 11) is -3.02. The highest BCUT2D eigenvalue weighted by Crippen LogP contribution is 2.05. The molecule has 0 spiro atoms. The number of hydrogen-bond acceptors (Lipinski definition) is 1. The van der Waals surface area contributed by atoms with Crippen molar-refractivity contribution in [1.82, 2.24) is 0 Å². The monoisotopic (exact) mass is 158 g/mol. The van der Waals surface area contributed by atoms with Gasteiger partial charge in [-0.25, -0.2) is 0 Å². The highest BCUT2D eigenvalue weighted by atomic mass is 32.3. The minimum absolute atomic E-state index is 0.509. The maximum Gasteiger partial charge on any atom is 0.0396 e. The minimum Gasteiger partial charge on any atom is -0.260 e. The molecule has 0 radical (unpaired) electrons. The van der Waals surface area contributed by atoms with Gasteiger partial charge in [0.25, 0.3) is 0 Å². The standard InChI is InChI=1S/C6H10N2OS/c7-10(8,9)6-4-2-1-3-5-6/h1-5,10H,(H4,7,8,9). The van der Waals surface area contributed by atoms with E-state index in [1.807, 2.05) is 6.07 Å². The maximum absolute atomic E-state index is 11.0. The van der Waals surface area contributed by atoms with Gasteiger partial charge in [-0.05, 0) is 12.1 Å². The van der Waals surface area contributed by atoms with Crippen LogP contribution in [0.4, 0.5) is 0 Å². The van der Waals surface area contributed by atoms with Crippen LogP contribution < -0.4 is 10.3 Å². The van der Waals surface area contributed by atoms with E-state index >= 15 is 0 Å². The van der Waals surface area contributed by atoms with E-state index in [-0.39, 0.29) is 0 Å². The van der Waals surface area contributed by atoms with E-state index in [0.29, 0.717) is 4.90 Å². The van der Waals surface area contributed by atoms with E-state index in [1.165, 1.54) is 0 Å². The van der Waals surface area contributed by atoms with Crippen molar-refractivity contribution < 1.29 is 4.21 Å². The zero-order valence-corrected chi connectivity index (χ0v) is 6.29. The molecule has 0 aromatic heterocycles. The molecule has 0 heterocycles. The van der Waals surface area contributed by atoms with E-state index in [9.17, 15) is 4.21 Å². The molecule has 1 aromatic carbocycles. The second kappa shape index (κ2) is 2.49. The summed E-state index contributed by atoms with van der Waals surface area (Å²) in [6, 6.07) is 8.63. The summed E-state index contributed by atoms with van der Waals surface area (Å²) in [5.41, 5.74) is 0. The molecule has 0 aliphatic heterocycles. The average molecular weight is 158 g/mol. The Balaban J connectivity index is 3.09. The molecule has 0 unspecified atom stereocenters. The third-order valence-electron chi connectivity index (χ3n) is 1.16. The lowest BCUT2D eigenvalue weighted by molar-refractivity contribution is 0.672. The zero-order valence-electron chi connectivity index (χ0n) is 5.40. The fourth-order valence-electron chi connectivity index (χ4n) is 0.661. The van der Waals surface area contributed by atoms with Crippen LogP contribution in [-0.2, 0) is 10.3 Å². The molecular formula is C6H10N2OS. The molecule has 0 fully saturated rings. The summed E-state index contributed by atoms with van der Waals surface area (Å²) in [5, 5.41) is 10.4. The lowest BCUT2D eigenvalue weighted by Gasteiger charge is -2.11. The van der Waals surface area contributed by atoms with E-state index < -0.39 is 10.3 Å². The van der Waals surface area contributed by atoms with Gasteiger partial charge in [0.15, 0.2) is 0 Å². The molecule has 0 aliphatic carbocycles. The van der Waals surface area contributed by atoms with E-state index in [0.717, 1.165) is 0 Å². The molecule has 4 N–H and O–H groups in total. The Kier molecular flexibility index (Phi) is 1.85. The van der Waals surface area contributed by atoms with Crippen LogP contribution in [0.2, 0.25) is 0 Å². The lowest BCUT2D eigenvalue weighted by atomic mass is 10.4. The number of rotatable bonds is 1.